The molecule has 0 aromatic rings. The van der Waals surface area contributed by atoms with E-state index in [0.717, 1.165) is 6.29 Å². The Labute approximate surface area is 106 Å². The van der Waals surface area contributed by atoms with Crippen molar-refractivity contribution in [3.63, 3.8) is 0 Å². The Morgan fingerprint density at radius 1 is 1.28 bits per heavy atom. The van der Waals surface area contributed by atoms with Gasteiger partial charge < -0.3 is 9.53 Å². The fourth-order valence-electron chi connectivity index (χ4n) is 2.83. The Bertz CT molecular complexity index is 289. The van der Waals surface area contributed by atoms with Gasteiger partial charge in [0.15, 0.2) is 0 Å². The Balaban J connectivity index is 2.80. The van der Waals surface area contributed by atoms with Crippen LogP contribution in [-0.2, 0) is 9.53 Å². The third-order valence-electron chi connectivity index (χ3n) is 4.27. The van der Waals surface area contributed by atoms with Crippen LogP contribution >= 0.6 is 0 Å². The molecule has 1 saturated carbocycles. The molecule has 106 valence electrons. The fraction of sp³-hybridized carbons (Fsp3) is 0.923. The van der Waals surface area contributed by atoms with Gasteiger partial charge in [0, 0.05) is 6.61 Å². The minimum atomic E-state index is -4.15. The molecule has 0 heterocycles. The monoisotopic (exact) mass is 266 g/mol. The number of hydrogen-bond donors (Lipinski definition) is 0. The lowest BCUT2D eigenvalue weighted by molar-refractivity contribution is -0.199. The third kappa shape index (κ3) is 2.87. The number of carbonyl (C=O) groups is 1. The van der Waals surface area contributed by atoms with Gasteiger partial charge in [-0.25, -0.2) is 0 Å². The van der Waals surface area contributed by atoms with Crippen molar-refractivity contribution in [1.29, 1.82) is 0 Å². The van der Waals surface area contributed by atoms with Crippen molar-refractivity contribution in [1.82, 2.24) is 0 Å². The molecule has 0 aromatic heterocycles. The topological polar surface area (TPSA) is 26.3 Å². The van der Waals surface area contributed by atoms with E-state index in [9.17, 15) is 18.0 Å². The van der Waals surface area contributed by atoms with Crippen LogP contribution in [0.25, 0.3) is 0 Å². The van der Waals surface area contributed by atoms with Crippen molar-refractivity contribution in [2.45, 2.75) is 58.2 Å². The molecule has 1 aliphatic carbocycles. The van der Waals surface area contributed by atoms with Crippen LogP contribution in [0.5, 0.6) is 0 Å². The van der Waals surface area contributed by atoms with E-state index in [1.165, 1.54) is 0 Å². The molecule has 0 unspecified atom stereocenters. The van der Waals surface area contributed by atoms with Gasteiger partial charge in [0.2, 0.25) is 0 Å². The zero-order valence-electron chi connectivity index (χ0n) is 11.1. The average Bonchev–Trinajstić information content (AvgIpc) is 2.27. The predicted molar refractivity (Wildman–Crippen MR) is 62.2 cm³/mol. The van der Waals surface area contributed by atoms with Gasteiger partial charge in [-0.1, -0.05) is 0 Å². The molecule has 1 rings (SSSR count). The summed E-state index contributed by atoms with van der Waals surface area (Å²) in [5, 5.41) is 0. The normalized spacial score (nSPS) is 30.2. The number of alkyl halides is 3. The maximum Gasteiger partial charge on any atom is 0.391 e. The van der Waals surface area contributed by atoms with Crippen molar-refractivity contribution in [2.24, 2.45) is 11.3 Å². The number of carbonyl (C=O) groups excluding carboxylic acids is 1. The van der Waals surface area contributed by atoms with E-state index in [1.54, 1.807) is 13.8 Å². The molecule has 0 atom stereocenters. The summed E-state index contributed by atoms with van der Waals surface area (Å²) in [5.74, 6) is -1.27. The first kappa shape index (κ1) is 15.5. The van der Waals surface area contributed by atoms with Crippen LogP contribution in [0.3, 0.4) is 0 Å². The molecule has 0 bridgehead atoms. The van der Waals surface area contributed by atoms with Gasteiger partial charge in [-0.15, -0.1) is 0 Å². The summed E-state index contributed by atoms with van der Waals surface area (Å²) in [4.78, 5) is 11.4. The van der Waals surface area contributed by atoms with E-state index in [0.29, 0.717) is 6.61 Å². The fourth-order valence-corrected chi connectivity index (χ4v) is 2.83. The molecule has 0 aliphatic heterocycles. The minimum absolute atomic E-state index is 0.0126. The molecule has 0 aromatic carbocycles. The van der Waals surface area contributed by atoms with E-state index >= 15 is 0 Å². The lowest BCUT2D eigenvalue weighted by Gasteiger charge is -2.46. The first-order chi connectivity index (χ1) is 8.18. The summed E-state index contributed by atoms with van der Waals surface area (Å²) in [7, 11) is 0. The minimum Gasteiger partial charge on any atom is -0.375 e. The molecule has 0 radical (unpaired) electrons. The number of rotatable bonds is 4. The van der Waals surface area contributed by atoms with Crippen molar-refractivity contribution >= 4 is 6.29 Å². The smallest absolute Gasteiger partial charge is 0.375 e. The van der Waals surface area contributed by atoms with Crippen LogP contribution < -0.4 is 0 Å². The third-order valence-corrected chi connectivity index (χ3v) is 4.27. The summed E-state index contributed by atoms with van der Waals surface area (Å²) >= 11 is 0. The first-order valence-electron chi connectivity index (χ1n) is 6.35. The second-order valence-corrected chi connectivity index (χ2v) is 5.53. The molecule has 0 N–H and O–H groups in total. The van der Waals surface area contributed by atoms with E-state index in [4.69, 9.17) is 4.74 Å². The number of hydrogen-bond acceptors (Lipinski definition) is 2. The predicted octanol–water partition coefficient (Wildman–Crippen LogP) is 3.74. The maximum absolute atomic E-state index is 12.6. The van der Waals surface area contributed by atoms with Gasteiger partial charge in [0.05, 0.1) is 16.9 Å². The highest BCUT2D eigenvalue weighted by atomic mass is 19.4. The van der Waals surface area contributed by atoms with E-state index < -0.39 is 23.1 Å². The number of aldehydes is 1. The Morgan fingerprint density at radius 3 is 2.11 bits per heavy atom. The Kier molecular flexibility index (Phi) is 4.47. The molecule has 0 spiro atoms. The first-order valence-corrected chi connectivity index (χ1v) is 6.35. The van der Waals surface area contributed by atoms with E-state index in [2.05, 4.69) is 0 Å². The van der Waals surface area contributed by atoms with Gasteiger partial charge >= 0.3 is 6.18 Å². The van der Waals surface area contributed by atoms with Crippen LogP contribution in [-0.4, -0.2) is 24.7 Å². The molecule has 18 heavy (non-hydrogen) atoms. The van der Waals surface area contributed by atoms with Gasteiger partial charge in [0.25, 0.3) is 0 Å². The van der Waals surface area contributed by atoms with Gasteiger partial charge in [0.1, 0.15) is 6.29 Å². The van der Waals surface area contributed by atoms with Crippen molar-refractivity contribution in [3.8, 4) is 0 Å². The highest BCUT2D eigenvalue weighted by Gasteiger charge is 2.52. The van der Waals surface area contributed by atoms with Crippen molar-refractivity contribution in [3.05, 3.63) is 0 Å². The second-order valence-electron chi connectivity index (χ2n) is 5.53. The molecule has 1 fully saturated rings. The summed E-state index contributed by atoms with van der Waals surface area (Å²) in [5.41, 5.74) is -1.50. The lowest BCUT2D eigenvalue weighted by Crippen LogP contribution is -2.50. The van der Waals surface area contributed by atoms with Crippen molar-refractivity contribution in [2.75, 3.05) is 6.61 Å². The molecule has 0 saturated heterocycles. The van der Waals surface area contributed by atoms with E-state index in [1.807, 2.05) is 6.92 Å². The van der Waals surface area contributed by atoms with Crippen molar-refractivity contribution < 1.29 is 22.7 Å². The van der Waals surface area contributed by atoms with Gasteiger partial charge in [-0.3, -0.25) is 0 Å². The van der Waals surface area contributed by atoms with Crippen LogP contribution in [0.1, 0.15) is 46.5 Å². The highest BCUT2D eigenvalue weighted by molar-refractivity contribution is 5.62. The lowest BCUT2D eigenvalue weighted by atomic mass is 9.63. The second kappa shape index (κ2) is 5.19. The summed E-state index contributed by atoms with van der Waals surface area (Å²) in [6.07, 6.45) is -2.83. The molecule has 1 aliphatic rings. The SMILES string of the molecule is CCOC(C)(C)C1(C=O)CCC(C(F)(F)F)CC1. The zero-order chi connectivity index (χ0) is 14.0. The van der Waals surface area contributed by atoms with E-state index in [-0.39, 0.29) is 25.7 Å². The van der Waals surface area contributed by atoms with Crippen LogP contribution in [0.15, 0.2) is 0 Å². The molecule has 0 amide bonds. The summed E-state index contributed by atoms with van der Waals surface area (Å²) in [6.45, 7) is 5.85. The van der Waals surface area contributed by atoms with Crippen LogP contribution in [0.4, 0.5) is 13.2 Å². The number of ether oxygens (including phenoxy) is 1. The number of halogens is 3. The Morgan fingerprint density at radius 2 is 1.78 bits per heavy atom. The quantitative estimate of drug-likeness (QED) is 0.724. The summed E-state index contributed by atoms with van der Waals surface area (Å²) in [6, 6.07) is 0. The van der Waals surface area contributed by atoms with Gasteiger partial charge in [-0.05, 0) is 46.5 Å². The molecular weight excluding hydrogens is 245 g/mol. The standard InChI is InChI=1S/C13H21F3O2/c1-4-18-11(2,3)12(9-17)7-5-10(6-8-12)13(14,15)16/h9-10H,4-8H2,1-3H3. The summed E-state index contributed by atoms with van der Waals surface area (Å²) < 4.78 is 43.4. The largest absolute Gasteiger partial charge is 0.391 e. The molecule has 5 heteroatoms. The Hall–Kier alpha value is -0.580. The maximum atomic E-state index is 12.6. The molecule has 2 nitrogen and oxygen atoms in total. The zero-order valence-corrected chi connectivity index (χ0v) is 11.1. The van der Waals surface area contributed by atoms with Crippen LogP contribution in [0.2, 0.25) is 0 Å². The molecular formula is C13H21F3O2. The van der Waals surface area contributed by atoms with Crippen LogP contribution in [0, 0.1) is 11.3 Å². The highest BCUT2D eigenvalue weighted by Crippen LogP contribution is 2.50. The average molecular weight is 266 g/mol. The van der Waals surface area contributed by atoms with Gasteiger partial charge in [-0.2, -0.15) is 13.2 Å².